The van der Waals surface area contributed by atoms with Gasteiger partial charge < -0.3 is 20.2 Å². The van der Waals surface area contributed by atoms with Crippen LogP contribution in [0.2, 0.25) is 0 Å². The summed E-state index contributed by atoms with van der Waals surface area (Å²) < 4.78 is 5.49. The molecule has 1 heterocycles. The van der Waals surface area contributed by atoms with E-state index in [1.165, 1.54) is 12.8 Å². The number of aliphatic hydroxyl groups is 1. The van der Waals surface area contributed by atoms with Crippen LogP contribution in [0.5, 0.6) is 0 Å². The molecule has 0 radical (unpaired) electrons. The third-order valence-electron chi connectivity index (χ3n) is 3.43. The van der Waals surface area contributed by atoms with Crippen LogP contribution in [-0.2, 0) is 5.60 Å². The van der Waals surface area contributed by atoms with E-state index in [0.29, 0.717) is 12.6 Å². The van der Waals surface area contributed by atoms with Crippen LogP contribution in [-0.4, -0.2) is 30.2 Å². The maximum Gasteiger partial charge on any atom is 0.191 e. The molecule has 3 N–H and O–H groups in total. The summed E-state index contributed by atoms with van der Waals surface area (Å²) >= 11 is 0. The van der Waals surface area contributed by atoms with E-state index in [0.717, 1.165) is 29.6 Å². The number of nitrogens with zero attached hydrogens (tertiary/aromatic N) is 1. The summed E-state index contributed by atoms with van der Waals surface area (Å²) in [6, 6.07) is 2.42. The van der Waals surface area contributed by atoms with E-state index in [1.54, 1.807) is 6.92 Å². The number of rotatable bonds is 5. The zero-order valence-electron chi connectivity index (χ0n) is 12.8. The monoisotopic (exact) mass is 279 g/mol. The van der Waals surface area contributed by atoms with Crippen LogP contribution < -0.4 is 10.6 Å². The molecule has 5 heteroatoms. The van der Waals surface area contributed by atoms with Crippen molar-refractivity contribution in [1.82, 2.24) is 10.6 Å². The highest BCUT2D eigenvalue weighted by molar-refractivity contribution is 5.80. The van der Waals surface area contributed by atoms with E-state index in [2.05, 4.69) is 15.6 Å². The van der Waals surface area contributed by atoms with Crippen molar-refractivity contribution in [3.63, 3.8) is 0 Å². The lowest BCUT2D eigenvalue weighted by Crippen LogP contribution is -2.40. The maximum atomic E-state index is 10.6. The van der Waals surface area contributed by atoms with E-state index in [9.17, 15) is 5.11 Å². The summed E-state index contributed by atoms with van der Waals surface area (Å²) in [6.45, 7) is 8.67. The molecule has 2 rings (SSSR count). The van der Waals surface area contributed by atoms with Gasteiger partial charge >= 0.3 is 0 Å². The molecule has 5 nitrogen and oxygen atoms in total. The normalized spacial score (nSPS) is 18.8. The molecule has 0 spiro atoms. The topological polar surface area (TPSA) is 69.8 Å². The molecule has 0 aromatic carbocycles. The highest BCUT2D eigenvalue weighted by atomic mass is 16.3. The molecule has 1 aromatic heterocycles. The van der Waals surface area contributed by atoms with Gasteiger partial charge in [0.1, 0.15) is 17.1 Å². The lowest BCUT2D eigenvalue weighted by atomic mass is 9.96. The number of hydrogen-bond acceptors (Lipinski definition) is 3. The van der Waals surface area contributed by atoms with E-state index in [4.69, 9.17) is 4.42 Å². The van der Waals surface area contributed by atoms with Crippen molar-refractivity contribution in [3.8, 4) is 0 Å². The minimum Gasteiger partial charge on any atom is -0.466 e. The molecular weight excluding hydrogens is 254 g/mol. The number of hydrogen-bond donors (Lipinski definition) is 3. The molecule has 20 heavy (non-hydrogen) atoms. The number of aliphatic imine (C=N–C) groups is 1. The van der Waals surface area contributed by atoms with E-state index < -0.39 is 5.60 Å². The summed E-state index contributed by atoms with van der Waals surface area (Å²) in [5.41, 5.74) is -0.214. The Morgan fingerprint density at radius 1 is 1.50 bits per heavy atom. The predicted octanol–water partition coefficient (Wildman–Crippen LogP) is 1.82. The first-order valence-corrected chi connectivity index (χ1v) is 7.27. The van der Waals surface area contributed by atoms with Crippen molar-refractivity contribution in [2.45, 2.75) is 52.2 Å². The van der Waals surface area contributed by atoms with Gasteiger partial charge in [-0.15, -0.1) is 0 Å². The molecule has 0 saturated heterocycles. The van der Waals surface area contributed by atoms with Gasteiger partial charge in [-0.05, 0) is 46.6 Å². The second-order valence-electron chi connectivity index (χ2n) is 5.71. The molecule has 1 saturated carbocycles. The van der Waals surface area contributed by atoms with Gasteiger partial charge in [-0.2, -0.15) is 0 Å². The van der Waals surface area contributed by atoms with Gasteiger partial charge in [0.15, 0.2) is 5.96 Å². The first-order valence-electron chi connectivity index (χ1n) is 7.27. The molecule has 1 aliphatic carbocycles. The molecule has 0 amide bonds. The summed E-state index contributed by atoms with van der Waals surface area (Å²) in [4.78, 5) is 4.49. The Morgan fingerprint density at radius 2 is 2.20 bits per heavy atom. The molecule has 1 aliphatic rings. The highest BCUT2D eigenvalue weighted by Crippen LogP contribution is 2.27. The Labute approximate surface area is 120 Å². The molecule has 1 fully saturated rings. The van der Waals surface area contributed by atoms with Gasteiger partial charge in [0.05, 0.1) is 6.54 Å². The van der Waals surface area contributed by atoms with Crippen molar-refractivity contribution in [3.05, 3.63) is 23.2 Å². The van der Waals surface area contributed by atoms with Crippen molar-refractivity contribution in [2.24, 2.45) is 4.99 Å². The van der Waals surface area contributed by atoms with Crippen molar-refractivity contribution >= 4 is 5.96 Å². The minimum absolute atomic E-state index is 0.300. The zero-order chi connectivity index (χ0) is 14.8. The molecule has 112 valence electrons. The van der Waals surface area contributed by atoms with Crippen LogP contribution in [0.3, 0.4) is 0 Å². The Morgan fingerprint density at radius 3 is 2.70 bits per heavy atom. The number of furan rings is 1. The summed E-state index contributed by atoms with van der Waals surface area (Å²) in [5.74, 6) is 2.33. The standard InChI is InChI=1S/C15H25N3O2/c1-5-16-14(18-12-6-7-12)17-9-15(4,19)13-8-10(2)20-11(13)3/h8,12,19H,5-7,9H2,1-4H3,(H2,16,17,18). The van der Waals surface area contributed by atoms with Gasteiger partial charge in [-0.3, -0.25) is 0 Å². The Kier molecular flexibility index (Phi) is 4.38. The number of guanidine groups is 1. The van der Waals surface area contributed by atoms with Gasteiger partial charge in [0.25, 0.3) is 0 Å². The second kappa shape index (κ2) is 5.87. The molecule has 0 bridgehead atoms. The molecule has 1 aromatic rings. The smallest absolute Gasteiger partial charge is 0.191 e. The second-order valence-corrected chi connectivity index (χ2v) is 5.71. The fourth-order valence-corrected chi connectivity index (χ4v) is 2.22. The SMILES string of the molecule is CCNC(=NCC(C)(O)c1cc(C)oc1C)NC1CC1. The lowest BCUT2D eigenvalue weighted by molar-refractivity contribution is 0.0657. The van der Waals surface area contributed by atoms with Gasteiger partial charge in [0, 0.05) is 18.2 Å². The average molecular weight is 279 g/mol. The van der Waals surface area contributed by atoms with Crippen molar-refractivity contribution in [2.75, 3.05) is 13.1 Å². The maximum absolute atomic E-state index is 10.6. The number of aryl methyl sites for hydroxylation is 2. The van der Waals surface area contributed by atoms with Gasteiger partial charge in [-0.1, -0.05) is 0 Å². The quantitative estimate of drug-likeness (QED) is 0.568. The van der Waals surface area contributed by atoms with Crippen LogP contribution in [0, 0.1) is 13.8 Å². The van der Waals surface area contributed by atoms with Crippen LogP contribution in [0.1, 0.15) is 43.8 Å². The van der Waals surface area contributed by atoms with Crippen LogP contribution >= 0.6 is 0 Å². The van der Waals surface area contributed by atoms with E-state index >= 15 is 0 Å². The molecule has 1 unspecified atom stereocenters. The largest absolute Gasteiger partial charge is 0.466 e. The zero-order valence-corrected chi connectivity index (χ0v) is 12.8. The number of nitrogens with one attached hydrogen (secondary N) is 2. The fourth-order valence-electron chi connectivity index (χ4n) is 2.22. The Balaban J connectivity index is 2.07. The lowest BCUT2D eigenvalue weighted by Gasteiger charge is -2.21. The Hall–Kier alpha value is -1.49. The minimum atomic E-state index is -1.02. The van der Waals surface area contributed by atoms with E-state index in [-0.39, 0.29) is 0 Å². The fraction of sp³-hybridized carbons (Fsp3) is 0.667. The van der Waals surface area contributed by atoms with Crippen molar-refractivity contribution < 1.29 is 9.52 Å². The van der Waals surface area contributed by atoms with Crippen molar-refractivity contribution in [1.29, 1.82) is 0 Å². The highest BCUT2D eigenvalue weighted by Gasteiger charge is 2.28. The van der Waals surface area contributed by atoms with Crippen LogP contribution in [0.25, 0.3) is 0 Å². The van der Waals surface area contributed by atoms with Gasteiger partial charge in [0.2, 0.25) is 0 Å². The predicted molar refractivity (Wildman–Crippen MR) is 79.9 cm³/mol. The summed E-state index contributed by atoms with van der Waals surface area (Å²) in [6.07, 6.45) is 2.39. The molecular formula is C15H25N3O2. The first-order chi connectivity index (χ1) is 9.42. The van der Waals surface area contributed by atoms with E-state index in [1.807, 2.05) is 26.8 Å². The van der Waals surface area contributed by atoms with Crippen LogP contribution in [0.4, 0.5) is 0 Å². The Bertz CT molecular complexity index is 487. The third kappa shape index (κ3) is 3.76. The first kappa shape index (κ1) is 14.9. The average Bonchev–Trinajstić information content (AvgIpc) is 3.10. The van der Waals surface area contributed by atoms with Gasteiger partial charge in [-0.25, -0.2) is 4.99 Å². The molecule has 1 atom stereocenters. The van der Waals surface area contributed by atoms with Crippen LogP contribution in [0.15, 0.2) is 15.5 Å². The summed E-state index contributed by atoms with van der Waals surface area (Å²) in [5, 5.41) is 17.2. The third-order valence-corrected chi connectivity index (χ3v) is 3.43. The molecule has 0 aliphatic heterocycles. The summed E-state index contributed by atoms with van der Waals surface area (Å²) in [7, 11) is 0.